The van der Waals surface area contributed by atoms with Crippen molar-refractivity contribution >= 4 is 5.97 Å². The molecule has 0 aromatic heterocycles. The van der Waals surface area contributed by atoms with E-state index < -0.39 is 5.97 Å². The number of aliphatic carboxylic acids is 1. The van der Waals surface area contributed by atoms with Crippen LogP contribution in [0, 0.1) is 0 Å². The van der Waals surface area contributed by atoms with Crippen LogP contribution in [0.5, 0.6) is 0 Å². The molecular weight excluding hydrogens is 264 g/mol. The largest absolute Gasteiger partial charge is 0.481 e. The summed E-state index contributed by atoms with van der Waals surface area (Å²) in [5, 5.41) is 18.4. The molecule has 0 saturated heterocycles. The molecule has 0 aromatic rings. The molecule has 0 spiro atoms. The standard InChI is InChI=1S/C18H36O3/c1-2-3-4-5-6-7-8-11-14-17(19)15-12-9-10-13-16-18(20)21/h17,19H,2-16H2,1H3,(H,20,21)/t17-/m0/s1. The second-order valence-electron chi connectivity index (χ2n) is 6.26. The van der Waals surface area contributed by atoms with Gasteiger partial charge >= 0.3 is 5.97 Å². The molecule has 0 saturated carbocycles. The molecule has 0 aliphatic carbocycles. The summed E-state index contributed by atoms with van der Waals surface area (Å²) in [5.41, 5.74) is 0. The van der Waals surface area contributed by atoms with Crippen LogP contribution < -0.4 is 0 Å². The predicted molar refractivity (Wildman–Crippen MR) is 88.6 cm³/mol. The molecule has 0 radical (unpaired) electrons. The third-order valence-corrected chi connectivity index (χ3v) is 4.07. The fourth-order valence-electron chi connectivity index (χ4n) is 2.67. The van der Waals surface area contributed by atoms with Gasteiger partial charge in [0.05, 0.1) is 6.10 Å². The Kier molecular flexibility index (Phi) is 15.4. The topological polar surface area (TPSA) is 57.5 Å². The number of unbranched alkanes of at least 4 members (excludes halogenated alkanes) is 10. The van der Waals surface area contributed by atoms with Crippen LogP contribution in [0.4, 0.5) is 0 Å². The zero-order valence-electron chi connectivity index (χ0n) is 14.0. The van der Waals surface area contributed by atoms with Crippen molar-refractivity contribution in [1.82, 2.24) is 0 Å². The normalized spacial score (nSPS) is 12.5. The Morgan fingerprint density at radius 3 is 1.67 bits per heavy atom. The molecule has 0 aliphatic heterocycles. The molecule has 0 heterocycles. The summed E-state index contributed by atoms with van der Waals surface area (Å²) in [6, 6.07) is 0. The SMILES string of the molecule is CCCCCCCCCC[C@H](O)CCCCCCC(=O)O. The number of hydrogen-bond acceptors (Lipinski definition) is 2. The minimum absolute atomic E-state index is 0.149. The van der Waals surface area contributed by atoms with Crippen molar-refractivity contribution in [2.45, 2.75) is 109 Å². The molecule has 2 N–H and O–H groups in total. The Labute approximate surface area is 131 Å². The number of aliphatic hydroxyl groups excluding tert-OH is 1. The van der Waals surface area contributed by atoms with Crippen molar-refractivity contribution in [1.29, 1.82) is 0 Å². The maximum Gasteiger partial charge on any atom is 0.303 e. The molecule has 3 heteroatoms. The van der Waals surface area contributed by atoms with Crippen LogP contribution in [-0.2, 0) is 4.79 Å². The number of carboxylic acids is 1. The predicted octanol–water partition coefficient (Wildman–Crippen LogP) is 5.30. The lowest BCUT2D eigenvalue weighted by molar-refractivity contribution is -0.137. The van der Waals surface area contributed by atoms with Gasteiger partial charge in [0, 0.05) is 6.42 Å². The summed E-state index contributed by atoms with van der Waals surface area (Å²) in [7, 11) is 0. The summed E-state index contributed by atoms with van der Waals surface area (Å²) in [4.78, 5) is 10.3. The highest BCUT2D eigenvalue weighted by Gasteiger charge is 2.04. The quantitative estimate of drug-likeness (QED) is 0.380. The summed E-state index contributed by atoms with van der Waals surface area (Å²) < 4.78 is 0. The van der Waals surface area contributed by atoms with Gasteiger partial charge < -0.3 is 10.2 Å². The highest BCUT2D eigenvalue weighted by molar-refractivity contribution is 5.66. The Bertz CT molecular complexity index is 229. The first-order chi connectivity index (χ1) is 10.2. The van der Waals surface area contributed by atoms with Crippen LogP contribution in [0.15, 0.2) is 0 Å². The summed E-state index contributed by atoms with van der Waals surface area (Å²) in [6.45, 7) is 2.24. The Morgan fingerprint density at radius 2 is 1.19 bits per heavy atom. The number of hydrogen-bond donors (Lipinski definition) is 2. The van der Waals surface area contributed by atoms with Gasteiger partial charge in [-0.25, -0.2) is 0 Å². The van der Waals surface area contributed by atoms with Gasteiger partial charge in [-0.1, -0.05) is 77.6 Å². The van der Waals surface area contributed by atoms with E-state index in [0.29, 0.717) is 0 Å². The number of rotatable bonds is 16. The third kappa shape index (κ3) is 17.4. The molecule has 0 aliphatic rings. The zero-order valence-corrected chi connectivity index (χ0v) is 14.0. The third-order valence-electron chi connectivity index (χ3n) is 4.07. The molecule has 1 atom stereocenters. The minimum Gasteiger partial charge on any atom is -0.481 e. The first-order valence-corrected chi connectivity index (χ1v) is 9.06. The lowest BCUT2D eigenvalue weighted by Gasteiger charge is -2.10. The molecule has 0 fully saturated rings. The van der Waals surface area contributed by atoms with Crippen LogP contribution in [0.1, 0.15) is 103 Å². The number of carboxylic acid groups (broad SMARTS) is 1. The van der Waals surface area contributed by atoms with Gasteiger partial charge in [-0.3, -0.25) is 4.79 Å². The summed E-state index contributed by atoms with van der Waals surface area (Å²) >= 11 is 0. The fourth-order valence-corrected chi connectivity index (χ4v) is 2.67. The second kappa shape index (κ2) is 15.8. The van der Waals surface area contributed by atoms with E-state index in [2.05, 4.69) is 6.92 Å². The van der Waals surface area contributed by atoms with Crippen molar-refractivity contribution in [3.05, 3.63) is 0 Å². The van der Waals surface area contributed by atoms with E-state index >= 15 is 0 Å². The smallest absolute Gasteiger partial charge is 0.303 e. The first kappa shape index (κ1) is 20.4. The van der Waals surface area contributed by atoms with Crippen LogP contribution >= 0.6 is 0 Å². The molecule has 0 bridgehead atoms. The maximum absolute atomic E-state index is 10.3. The first-order valence-electron chi connectivity index (χ1n) is 9.06. The van der Waals surface area contributed by atoms with E-state index in [4.69, 9.17) is 5.11 Å². The summed E-state index contributed by atoms with van der Waals surface area (Å²) in [6.07, 6.45) is 16.2. The van der Waals surface area contributed by atoms with Gasteiger partial charge in [-0.05, 0) is 19.3 Å². The van der Waals surface area contributed by atoms with Gasteiger partial charge in [-0.15, -0.1) is 0 Å². The van der Waals surface area contributed by atoms with Crippen molar-refractivity contribution in [2.75, 3.05) is 0 Å². The van der Waals surface area contributed by atoms with Gasteiger partial charge in [0.2, 0.25) is 0 Å². The van der Waals surface area contributed by atoms with E-state index in [-0.39, 0.29) is 12.5 Å². The van der Waals surface area contributed by atoms with Crippen molar-refractivity contribution < 1.29 is 15.0 Å². The molecule has 3 nitrogen and oxygen atoms in total. The molecule has 0 aromatic carbocycles. The molecular formula is C18H36O3. The Hall–Kier alpha value is -0.570. The average Bonchev–Trinajstić information content (AvgIpc) is 2.45. The van der Waals surface area contributed by atoms with Crippen LogP contribution in [0.2, 0.25) is 0 Å². The van der Waals surface area contributed by atoms with Gasteiger partial charge in [0.25, 0.3) is 0 Å². The molecule has 0 amide bonds. The highest BCUT2D eigenvalue weighted by Crippen LogP contribution is 2.14. The van der Waals surface area contributed by atoms with Crippen LogP contribution in [0.25, 0.3) is 0 Å². The van der Waals surface area contributed by atoms with E-state index in [1.807, 2.05) is 0 Å². The lowest BCUT2D eigenvalue weighted by atomic mass is 10.0. The Balaban J connectivity index is 3.16. The Morgan fingerprint density at radius 1 is 0.762 bits per heavy atom. The fraction of sp³-hybridized carbons (Fsp3) is 0.944. The van der Waals surface area contributed by atoms with E-state index in [1.54, 1.807) is 0 Å². The molecule has 21 heavy (non-hydrogen) atoms. The van der Waals surface area contributed by atoms with Crippen molar-refractivity contribution in [3.8, 4) is 0 Å². The van der Waals surface area contributed by atoms with Crippen molar-refractivity contribution in [3.63, 3.8) is 0 Å². The van der Waals surface area contributed by atoms with Gasteiger partial charge in [0.1, 0.15) is 0 Å². The van der Waals surface area contributed by atoms with Crippen LogP contribution in [-0.4, -0.2) is 22.3 Å². The zero-order chi connectivity index (χ0) is 15.8. The lowest BCUT2D eigenvalue weighted by Crippen LogP contribution is -2.06. The monoisotopic (exact) mass is 300 g/mol. The van der Waals surface area contributed by atoms with Gasteiger partial charge in [-0.2, -0.15) is 0 Å². The van der Waals surface area contributed by atoms with E-state index in [0.717, 1.165) is 44.9 Å². The molecule has 0 unspecified atom stereocenters. The van der Waals surface area contributed by atoms with Crippen molar-refractivity contribution in [2.24, 2.45) is 0 Å². The summed E-state index contributed by atoms with van der Waals surface area (Å²) in [5.74, 6) is -0.704. The minimum atomic E-state index is -0.704. The highest BCUT2D eigenvalue weighted by atomic mass is 16.4. The average molecular weight is 300 g/mol. The molecule has 0 rings (SSSR count). The number of aliphatic hydroxyl groups is 1. The van der Waals surface area contributed by atoms with Gasteiger partial charge in [0.15, 0.2) is 0 Å². The second-order valence-corrected chi connectivity index (χ2v) is 6.26. The van der Waals surface area contributed by atoms with E-state index in [9.17, 15) is 9.90 Å². The molecule has 126 valence electrons. The number of carbonyl (C=O) groups is 1. The van der Waals surface area contributed by atoms with Crippen LogP contribution in [0.3, 0.4) is 0 Å². The van der Waals surface area contributed by atoms with E-state index in [1.165, 1.54) is 44.9 Å². The maximum atomic E-state index is 10.3.